The van der Waals surface area contributed by atoms with E-state index in [0.29, 0.717) is 6.61 Å². The van der Waals surface area contributed by atoms with E-state index in [4.69, 9.17) is 9.41 Å². The smallest absolute Gasteiger partial charge is 0.261 e. The number of thiazole rings is 1. The first-order chi connectivity index (χ1) is 15.7. The molecular formula is C29H37NOSSi. The first-order valence-corrected chi connectivity index (χ1v) is 14.5. The van der Waals surface area contributed by atoms with Gasteiger partial charge in [0.25, 0.3) is 8.32 Å². The highest BCUT2D eigenvalue weighted by Crippen LogP contribution is 2.38. The van der Waals surface area contributed by atoms with Crippen LogP contribution in [0.2, 0.25) is 5.04 Å². The Labute approximate surface area is 205 Å². The lowest BCUT2D eigenvalue weighted by atomic mass is 9.96. The maximum atomic E-state index is 7.19. The van der Waals surface area contributed by atoms with Gasteiger partial charge in [-0.05, 0) is 21.8 Å². The van der Waals surface area contributed by atoms with Gasteiger partial charge >= 0.3 is 0 Å². The molecule has 0 aliphatic rings. The molecule has 2 nitrogen and oxygen atoms in total. The van der Waals surface area contributed by atoms with E-state index in [2.05, 4.69) is 119 Å². The third-order valence-electron chi connectivity index (χ3n) is 5.99. The van der Waals surface area contributed by atoms with E-state index in [1.54, 1.807) is 11.3 Å². The zero-order chi connectivity index (χ0) is 24.0. The number of rotatable bonds is 10. The van der Waals surface area contributed by atoms with Crippen molar-refractivity contribution < 1.29 is 4.43 Å². The predicted molar refractivity (Wildman–Crippen MR) is 146 cm³/mol. The molecular weight excluding hydrogens is 438 g/mol. The Morgan fingerprint density at radius 3 is 2.00 bits per heavy atom. The zero-order valence-corrected chi connectivity index (χ0v) is 22.5. The number of benzene rings is 2. The quantitative estimate of drug-likeness (QED) is 0.241. The molecule has 3 rings (SSSR count). The molecule has 0 radical (unpaired) electrons. The molecule has 0 amide bonds. The molecule has 0 bridgehead atoms. The van der Waals surface area contributed by atoms with Crippen LogP contribution in [0.3, 0.4) is 0 Å². The van der Waals surface area contributed by atoms with Gasteiger partial charge in [0, 0.05) is 23.8 Å². The van der Waals surface area contributed by atoms with Crippen molar-refractivity contribution in [2.45, 2.75) is 57.9 Å². The Kier molecular flexibility index (Phi) is 8.27. The molecule has 3 aromatic rings. The summed E-state index contributed by atoms with van der Waals surface area (Å²) < 4.78 is 7.19. The maximum Gasteiger partial charge on any atom is 0.261 e. The third kappa shape index (κ3) is 5.81. The summed E-state index contributed by atoms with van der Waals surface area (Å²) in [5.41, 5.74) is 0.940. The molecule has 1 aromatic heterocycles. The van der Waals surface area contributed by atoms with Gasteiger partial charge in [0.1, 0.15) is 5.01 Å². The van der Waals surface area contributed by atoms with Gasteiger partial charge in [-0.15, -0.1) is 17.9 Å². The lowest BCUT2D eigenvalue weighted by Crippen LogP contribution is -2.67. The van der Waals surface area contributed by atoms with Gasteiger partial charge in [-0.2, -0.15) is 0 Å². The highest BCUT2D eigenvalue weighted by Gasteiger charge is 2.51. The average molecular weight is 476 g/mol. The number of hydrogen-bond donors (Lipinski definition) is 0. The molecule has 2 aromatic carbocycles. The first-order valence-electron chi connectivity index (χ1n) is 11.7. The van der Waals surface area contributed by atoms with Crippen molar-refractivity contribution in [3.05, 3.63) is 102 Å². The van der Waals surface area contributed by atoms with Crippen LogP contribution < -0.4 is 10.4 Å². The van der Waals surface area contributed by atoms with Gasteiger partial charge in [0.2, 0.25) is 0 Å². The number of hydrogen-bond acceptors (Lipinski definition) is 3. The molecule has 0 aliphatic heterocycles. The second-order valence-electron chi connectivity index (χ2n) is 10.2. The molecule has 0 spiro atoms. The molecule has 0 unspecified atom stereocenters. The fourth-order valence-corrected chi connectivity index (χ4v) is 9.90. The van der Waals surface area contributed by atoms with Crippen LogP contribution in [0.15, 0.2) is 90.9 Å². The zero-order valence-electron chi connectivity index (χ0n) is 20.7. The molecule has 33 heavy (non-hydrogen) atoms. The van der Waals surface area contributed by atoms with Gasteiger partial charge in [0.05, 0.1) is 5.69 Å². The molecule has 0 atom stereocenters. The van der Waals surface area contributed by atoms with E-state index in [-0.39, 0.29) is 10.5 Å². The van der Waals surface area contributed by atoms with Crippen molar-refractivity contribution in [1.29, 1.82) is 0 Å². The maximum absolute atomic E-state index is 7.19. The Hall–Kier alpha value is -2.27. The first kappa shape index (κ1) is 25.4. The highest BCUT2D eigenvalue weighted by atomic mass is 32.1. The van der Waals surface area contributed by atoms with Crippen LogP contribution in [-0.2, 0) is 16.3 Å². The lowest BCUT2D eigenvalue weighted by molar-refractivity contribution is 0.226. The van der Waals surface area contributed by atoms with E-state index in [9.17, 15) is 0 Å². The summed E-state index contributed by atoms with van der Waals surface area (Å²) in [6.07, 6.45) is 7.98. The van der Waals surface area contributed by atoms with Gasteiger partial charge in [-0.3, -0.25) is 0 Å². The van der Waals surface area contributed by atoms with Crippen molar-refractivity contribution in [1.82, 2.24) is 4.98 Å². The Morgan fingerprint density at radius 2 is 1.48 bits per heavy atom. The molecule has 0 fully saturated rings. The van der Waals surface area contributed by atoms with Gasteiger partial charge in [0.15, 0.2) is 0 Å². The highest BCUT2D eigenvalue weighted by molar-refractivity contribution is 7.09. The van der Waals surface area contributed by atoms with Gasteiger partial charge < -0.3 is 4.43 Å². The minimum absolute atomic E-state index is 0.0320. The third-order valence-corrected chi connectivity index (χ3v) is 12.2. The number of aromatic nitrogens is 1. The summed E-state index contributed by atoms with van der Waals surface area (Å²) in [4.78, 5) is 4.96. The van der Waals surface area contributed by atoms with Crippen LogP contribution in [0.1, 0.15) is 51.7 Å². The summed E-state index contributed by atoms with van der Waals surface area (Å²) in [5, 5.41) is 5.90. The second-order valence-corrected chi connectivity index (χ2v) is 15.3. The Morgan fingerprint density at radius 1 is 0.909 bits per heavy atom. The van der Waals surface area contributed by atoms with E-state index in [0.717, 1.165) is 23.5 Å². The molecule has 0 N–H and O–H groups in total. The summed E-state index contributed by atoms with van der Waals surface area (Å²) >= 11 is 1.74. The number of allylic oxidation sites excluding steroid dienone is 3. The lowest BCUT2D eigenvalue weighted by Gasteiger charge is -2.44. The van der Waals surface area contributed by atoms with Crippen LogP contribution in [0, 0.1) is 0 Å². The van der Waals surface area contributed by atoms with E-state index >= 15 is 0 Å². The Balaban J connectivity index is 1.93. The normalized spacial score (nSPS) is 12.9. The predicted octanol–water partition coefficient (Wildman–Crippen LogP) is 6.67. The van der Waals surface area contributed by atoms with Crippen LogP contribution in [0.5, 0.6) is 0 Å². The van der Waals surface area contributed by atoms with Crippen molar-refractivity contribution >= 4 is 30.0 Å². The average Bonchev–Trinajstić information content (AvgIpc) is 3.28. The Bertz CT molecular complexity index is 1010. The van der Waals surface area contributed by atoms with E-state index in [1.165, 1.54) is 10.4 Å². The van der Waals surface area contributed by atoms with Crippen molar-refractivity contribution in [2.75, 3.05) is 6.61 Å². The molecule has 4 heteroatoms. The number of nitrogens with zero attached hydrogens (tertiary/aromatic N) is 1. The largest absolute Gasteiger partial charge is 0.406 e. The monoisotopic (exact) mass is 475 g/mol. The molecule has 0 aliphatic carbocycles. The summed E-state index contributed by atoms with van der Waals surface area (Å²) in [7, 11) is -2.56. The second kappa shape index (κ2) is 10.8. The van der Waals surface area contributed by atoms with Crippen molar-refractivity contribution in [3.8, 4) is 0 Å². The van der Waals surface area contributed by atoms with Crippen LogP contribution in [0.25, 0.3) is 0 Å². The van der Waals surface area contributed by atoms with Crippen molar-refractivity contribution in [2.24, 2.45) is 0 Å². The minimum Gasteiger partial charge on any atom is -0.406 e. The summed E-state index contributed by atoms with van der Waals surface area (Å²) in [5.74, 6) is 0. The topological polar surface area (TPSA) is 22.1 Å². The molecule has 0 saturated carbocycles. The summed E-state index contributed by atoms with van der Waals surface area (Å²) in [6, 6.07) is 21.7. The van der Waals surface area contributed by atoms with Gasteiger partial charge in [-0.1, -0.05) is 114 Å². The summed E-state index contributed by atoms with van der Waals surface area (Å²) in [6.45, 7) is 15.9. The standard InChI is InChI=1S/C29H37NOSSi/c1-7-8-9-12-17-24-22-32-27(30-24)29(5,6)23-31-33(28(2,3)4,25-18-13-10-14-19-25)26-20-15-11-16-21-26/h7,9-16,18-22H,1,8,17,23H2,2-6H3/b12-9-. The van der Waals surface area contributed by atoms with E-state index < -0.39 is 8.32 Å². The fraction of sp³-hybridized carbons (Fsp3) is 0.345. The van der Waals surface area contributed by atoms with Crippen LogP contribution in [-0.4, -0.2) is 19.9 Å². The fourth-order valence-electron chi connectivity index (χ4n) is 4.22. The van der Waals surface area contributed by atoms with Crippen LogP contribution in [0.4, 0.5) is 0 Å². The van der Waals surface area contributed by atoms with Gasteiger partial charge in [-0.25, -0.2) is 4.98 Å². The van der Waals surface area contributed by atoms with E-state index in [1.807, 2.05) is 6.08 Å². The molecule has 1 heterocycles. The molecule has 174 valence electrons. The SMILES string of the molecule is C=CC/C=C\Cc1csc(C(C)(C)CO[Si](c2ccccc2)(c2ccccc2)C(C)(C)C)n1. The van der Waals surface area contributed by atoms with Crippen LogP contribution >= 0.6 is 11.3 Å². The molecule has 0 saturated heterocycles. The minimum atomic E-state index is -2.56. The van der Waals surface area contributed by atoms with Crippen molar-refractivity contribution in [3.63, 3.8) is 0 Å².